The lowest BCUT2D eigenvalue weighted by molar-refractivity contribution is -0.123. The summed E-state index contributed by atoms with van der Waals surface area (Å²) in [4.78, 5) is 29.8. The minimum atomic E-state index is -0.220. The van der Waals surface area contributed by atoms with E-state index >= 15 is 0 Å². The number of amides is 1. The predicted molar refractivity (Wildman–Crippen MR) is 96.5 cm³/mol. The second kappa shape index (κ2) is 9.42. The summed E-state index contributed by atoms with van der Waals surface area (Å²) in [5, 5.41) is 6.18. The van der Waals surface area contributed by atoms with Crippen molar-refractivity contribution in [3.63, 3.8) is 0 Å². The summed E-state index contributed by atoms with van der Waals surface area (Å²) >= 11 is 0. The molecule has 1 saturated heterocycles. The number of H-pyrrole nitrogens is 1. The molecule has 24 heavy (non-hydrogen) atoms. The molecule has 1 aromatic heterocycles. The van der Waals surface area contributed by atoms with Crippen LogP contribution >= 0.6 is 24.8 Å². The first-order chi connectivity index (χ1) is 10.7. The zero-order valence-electron chi connectivity index (χ0n) is 12.9. The van der Waals surface area contributed by atoms with Crippen LogP contribution in [-0.4, -0.2) is 21.9 Å². The minimum absolute atomic E-state index is 0. The van der Waals surface area contributed by atoms with Crippen LogP contribution < -0.4 is 16.2 Å². The highest BCUT2D eigenvalue weighted by Gasteiger charge is 2.29. The number of benzene rings is 1. The fourth-order valence-electron chi connectivity index (χ4n) is 2.70. The van der Waals surface area contributed by atoms with Crippen molar-refractivity contribution >= 4 is 30.7 Å². The third-order valence-electron chi connectivity index (χ3n) is 3.84. The number of carbonyl (C=O) groups is 1. The van der Waals surface area contributed by atoms with E-state index in [9.17, 15) is 9.59 Å². The van der Waals surface area contributed by atoms with Gasteiger partial charge in [0, 0.05) is 12.1 Å². The molecule has 2 aromatic rings. The van der Waals surface area contributed by atoms with Crippen molar-refractivity contribution in [2.75, 3.05) is 0 Å². The van der Waals surface area contributed by atoms with E-state index < -0.39 is 0 Å². The van der Waals surface area contributed by atoms with Crippen LogP contribution in [0.4, 0.5) is 0 Å². The Morgan fingerprint density at radius 3 is 2.67 bits per heavy atom. The van der Waals surface area contributed by atoms with E-state index in [4.69, 9.17) is 0 Å². The van der Waals surface area contributed by atoms with E-state index in [0.29, 0.717) is 5.69 Å². The highest BCUT2D eigenvalue weighted by molar-refractivity contribution is 5.85. The first kappa shape index (κ1) is 20.2. The number of carbonyl (C=O) groups excluding carboxylic acids is 1. The van der Waals surface area contributed by atoms with Gasteiger partial charge >= 0.3 is 0 Å². The number of aromatic nitrogens is 2. The lowest BCUT2D eigenvalue weighted by Crippen LogP contribution is -2.40. The Kier molecular flexibility index (Phi) is 7.91. The van der Waals surface area contributed by atoms with Crippen LogP contribution in [0.15, 0.2) is 47.5 Å². The van der Waals surface area contributed by atoms with Gasteiger partial charge in [0.05, 0.1) is 24.6 Å². The van der Waals surface area contributed by atoms with Crippen LogP contribution in [0, 0.1) is 0 Å². The standard InChI is InChI=1S/C16H18N4O2.2ClH/c21-15-8-12(18-10-19-15)9-17-16(22)14-7-6-13(20-14)11-4-2-1-3-5-11;;/h1-5,8,10,13-14,20H,6-7,9H2,(H,17,22)(H,18,19,21);2*1H/t13-,14-;;/m1../s1. The van der Waals surface area contributed by atoms with Gasteiger partial charge in [0.15, 0.2) is 0 Å². The molecular weight excluding hydrogens is 351 g/mol. The van der Waals surface area contributed by atoms with Crippen molar-refractivity contribution in [2.45, 2.75) is 31.5 Å². The first-order valence-corrected chi connectivity index (χ1v) is 7.35. The largest absolute Gasteiger partial charge is 0.349 e. The second-order valence-corrected chi connectivity index (χ2v) is 5.38. The normalized spacial score (nSPS) is 19.0. The summed E-state index contributed by atoms with van der Waals surface area (Å²) < 4.78 is 0. The van der Waals surface area contributed by atoms with Gasteiger partial charge in [0.25, 0.3) is 5.56 Å². The van der Waals surface area contributed by atoms with Crippen LogP contribution in [0.5, 0.6) is 0 Å². The van der Waals surface area contributed by atoms with E-state index in [-0.39, 0.29) is 54.9 Å². The Labute approximate surface area is 152 Å². The summed E-state index contributed by atoms with van der Waals surface area (Å²) in [6.45, 7) is 0.261. The molecule has 1 fully saturated rings. The molecule has 8 heteroatoms. The lowest BCUT2D eigenvalue weighted by atomic mass is 10.1. The molecule has 3 N–H and O–H groups in total. The smallest absolute Gasteiger partial charge is 0.250 e. The van der Waals surface area contributed by atoms with Crippen molar-refractivity contribution < 1.29 is 4.79 Å². The SMILES string of the molecule is Cl.Cl.O=C(NCc1cc(=O)[nH]cn1)[C@H]1CC[C@H](c2ccccc2)N1. The molecule has 1 aliphatic rings. The molecule has 130 valence electrons. The maximum Gasteiger partial charge on any atom is 0.250 e. The molecule has 0 saturated carbocycles. The van der Waals surface area contributed by atoms with Gasteiger partial charge in [-0.25, -0.2) is 4.98 Å². The van der Waals surface area contributed by atoms with Crippen molar-refractivity contribution in [1.29, 1.82) is 0 Å². The molecule has 2 atom stereocenters. The monoisotopic (exact) mass is 370 g/mol. The molecule has 3 rings (SSSR count). The fourth-order valence-corrected chi connectivity index (χ4v) is 2.70. The number of rotatable bonds is 4. The van der Waals surface area contributed by atoms with E-state index in [1.807, 2.05) is 18.2 Å². The van der Waals surface area contributed by atoms with Crippen LogP contribution in [0.1, 0.15) is 30.1 Å². The highest BCUT2D eigenvalue weighted by Crippen LogP contribution is 2.26. The Balaban J connectivity index is 0.00000144. The minimum Gasteiger partial charge on any atom is -0.349 e. The van der Waals surface area contributed by atoms with Crippen LogP contribution in [0.25, 0.3) is 0 Å². The van der Waals surface area contributed by atoms with Gasteiger partial charge in [-0.05, 0) is 18.4 Å². The van der Waals surface area contributed by atoms with Gasteiger partial charge in [-0.2, -0.15) is 0 Å². The summed E-state index contributed by atoms with van der Waals surface area (Å²) in [6.07, 6.45) is 3.07. The average molecular weight is 371 g/mol. The summed E-state index contributed by atoms with van der Waals surface area (Å²) in [5.41, 5.74) is 1.53. The molecule has 0 aliphatic carbocycles. The third kappa shape index (κ3) is 5.06. The Morgan fingerprint density at radius 1 is 1.21 bits per heavy atom. The van der Waals surface area contributed by atoms with Gasteiger partial charge in [-0.15, -0.1) is 24.8 Å². The molecule has 6 nitrogen and oxygen atoms in total. The number of hydrogen-bond acceptors (Lipinski definition) is 4. The van der Waals surface area contributed by atoms with Gasteiger partial charge in [0.1, 0.15) is 0 Å². The Morgan fingerprint density at radius 2 is 1.96 bits per heavy atom. The molecular formula is C16H20Cl2N4O2. The molecule has 1 aromatic carbocycles. The average Bonchev–Trinajstić information content (AvgIpc) is 3.04. The van der Waals surface area contributed by atoms with Gasteiger partial charge < -0.3 is 10.3 Å². The molecule has 1 aliphatic heterocycles. The predicted octanol–water partition coefficient (Wildman–Crippen LogP) is 1.72. The Hall–Kier alpha value is -1.89. The lowest BCUT2D eigenvalue weighted by Gasteiger charge is -2.14. The molecule has 0 spiro atoms. The first-order valence-electron chi connectivity index (χ1n) is 7.35. The highest BCUT2D eigenvalue weighted by atomic mass is 35.5. The molecule has 0 radical (unpaired) electrons. The summed E-state index contributed by atoms with van der Waals surface area (Å²) in [5.74, 6) is -0.0551. The van der Waals surface area contributed by atoms with Crippen molar-refractivity contribution in [3.8, 4) is 0 Å². The maximum atomic E-state index is 12.2. The van der Waals surface area contributed by atoms with Gasteiger partial charge in [0.2, 0.25) is 5.91 Å². The van der Waals surface area contributed by atoms with E-state index in [0.717, 1.165) is 12.8 Å². The maximum absolute atomic E-state index is 12.2. The van der Waals surface area contributed by atoms with Crippen molar-refractivity contribution in [1.82, 2.24) is 20.6 Å². The Bertz CT molecular complexity index is 708. The number of nitrogens with one attached hydrogen (secondary N) is 3. The van der Waals surface area contributed by atoms with Crippen LogP contribution in [-0.2, 0) is 11.3 Å². The zero-order valence-corrected chi connectivity index (χ0v) is 14.5. The zero-order chi connectivity index (χ0) is 15.4. The summed E-state index contributed by atoms with van der Waals surface area (Å²) in [6, 6.07) is 11.5. The number of halogens is 2. The van der Waals surface area contributed by atoms with Crippen molar-refractivity contribution in [2.24, 2.45) is 0 Å². The number of nitrogens with zero attached hydrogens (tertiary/aromatic N) is 1. The quantitative estimate of drug-likeness (QED) is 0.764. The second-order valence-electron chi connectivity index (χ2n) is 5.38. The number of hydrogen-bond donors (Lipinski definition) is 3. The molecule has 1 amide bonds. The van der Waals surface area contributed by atoms with Gasteiger partial charge in [-0.3, -0.25) is 14.9 Å². The third-order valence-corrected chi connectivity index (χ3v) is 3.84. The molecule has 0 unspecified atom stereocenters. The topological polar surface area (TPSA) is 86.9 Å². The van der Waals surface area contributed by atoms with E-state index in [2.05, 4.69) is 32.7 Å². The van der Waals surface area contributed by atoms with Crippen LogP contribution in [0.3, 0.4) is 0 Å². The fraction of sp³-hybridized carbons (Fsp3) is 0.312. The van der Waals surface area contributed by atoms with E-state index in [1.54, 1.807) is 0 Å². The van der Waals surface area contributed by atoms with E-state index in [1.165, 1.54) is 18.0 Å². The summed E-state index contributed by atoms with van der Waals surface area (Å²) in [7, 11) is 0. The van der Waals surface area contributed by atoms with Crippen molar-refractivity contribution in [3.05, 3.63) is 64.3 Å². The number of aromatic amines is 1. The van der Waals surface area contributed by atoms with Crippen LogP contribution in [0.2, 0.25) is 0 Å². The molecule has 0 bridgehead atoms. The van der Waals surface area contributed by atoms with Gasteiger partial charge in [-0.1, -0.05) is 30.3 Å². The molecule has 2 heterocycles.